The van der Waals surface area contributed by atoms with Crippen molar-refractivity contribution in [3.05, 3.63) is 29.8 Å². The number of Topliss-reactive ketones (excluding diaryl/α,β-unsaturated/α-hetero) is 1. The van der Waals surface area contributed by atoms with Gasteiger partial charge in [-0.1, -0.05) is 5.92 Å². The number of methoxy groups -OCH3 is 1. The zero-order valence-electron chi connectivity index (χ0n) is 9.36. The van der Waals surface area contributed by atoms with E-state index in [4.69, 9.17) is 9.84 Å². The lowest BCUT2D eigenvalue weighted by atomic mass is 10.1. The molecule has 0 radical (unpaired) electrons. The van der Waals surface area contributed by atoms with Crippen molar-refractivity contribution in [2.24, 2.45) is 5.92 Å². The van der Waals surface area contributed by atoms with Gasteiger partial charge < -0.3 is 9.84 Å². The maximum absolute atomic E-state index is 11.6. The molecule has 1 unspecified atom stereocenters. The maximum Gasteiger partial charge on any atom is 0.235 e. The second kappa shape index (κ2) is 5.94. The monoisotopic (exact) mass is 218 g/mol. The predicted molar refractivity (Wildman–Crippen MR) is 61.4 cm³/mol. The average Bonchev–Trinajstić information content (AvgIpc) is 2.35. The summed E-state index contributed by atoms with van der Waals surface area (Å²) in [5, 5.41) is 8.76. The van der Waals surface area contributed by atoms with Gasteiger partial charge in [-0.2, -0.15) is 0 Å². The summed E-state index contributed by atoms with van der Waals surface area (Å²) in [6.07, 6.45) is 0. The Morgan fingerprint density at radius 3 is 2.56 bits per heavy atom. The fourth-order valence-electron chi connectivity index (χ4n) is 1.05. The first-order valence-electron chi connectivity index (χ1n) is 4.98. The molecule has 1 rings (SSSR count). The van der Waals surface area contributed by atoms with Gasteiger partial charge in [0.05, 0.1) is 13.7 Å². The van der Waals surface area contributed by atoms with Crippen molar-refractivity contribution in [1.29, 1.82) is 0 Å². The molecule has 0 aliphatic rings. The number of carbonyl (C=O) groups excluding carboxylic acids is 1. The van der Waals surface area contributed by atoms with Crippen LogP contribution in [0.2, 0.25) is 0 Å². The van der Waals surface area contributed by atoms with E-state index in [-0.39, 0.29) is 18.3 Å². The topological polar surface area (TPSA) is 46.5 Å². The Kier molecular flexibility index (Phi) is 4.56. The largest absolute Gasteiger partial charge is 0.497 e. The molecule has 84 valence electrons. The smallest absolute Gasteiger partial charge is 0.235 e. The van der Waals surface area contributed by atoms with Crippen molar-refractivity contribution >= 4 is 5.78 Å². The van der Waals surface area contributed by atoms with Gasteiger partial charge in [0, 0.05) is 11.5 Å². The van der Waals surface area contributed by atoms with Gasteiger partial charge in [0.15, 0.2) is 0 Å². The Morgan fingerprint density at radius 2 is 2.06 bits per heavy atom. The molecule has 0 aromatic heterocycles. The Bertz CT molecular complexity index is 409. The highest BCUT2D eigenvalue weighted by molar-refractivity contribution is 6.09. The number of carbonyl (C=O) groups is 1. The summed E-state index contributed by atoms with van der Waals surface area (Å²) < 4.78 is 4.98. The minimum absolute atomic E-state index is 0.0388. The second-order valence-electron chi connectivity index (χ2n) is 3.41. The molecule has 3 nitrogen and oxygen atoms in total. The molecule has 3 heteroatoms. The highest BCUT2D eigenvalue weighted by atomic mass is 16.5. The van der Waals surface area contributed by atoms with Gasteiger partial charge >= 0.3 is 0 Å². The van der Waals surface area contributed by atoms with Crippen LogP contribution in [0.1, 0.15) is 17.3 Å². The van der Waals surface area contributed by atoms with E-state index < -0.39 is 0 Å². The highest BCUT2D eigenvalue weighted by Crippen LogP contribution is 2.11. The number of hydrogen-bond donors (Lipinski definition) is 1. The standard InChI is InChI=1S/C13H14O3/c1-10(9-14)3-8-13(15)11-4-6-12(16-2)7-5-11/h4-7,10,14H,9H2,1-2H3. The van der Waals surface area contributed by atoms with Crippen LogP contribution in [0, 0.1) is 17.8 Å². The molecule has 1 aromatic rings. The number of rotatable bonds is 3. The van der Waals surface area contributed by atoms with E-state index in [0.29, 0.717) is 11.3 Å². The van der Waals surface area contributed by atoms with Gasteiger partial charge in [-0.25, -0.2) is 0 Å². The molecule has 1 aromatic carbocycles. The molecular formula is C13H14O3. The van der Waals surface area contributed by atoms with E-state index in [0.717, 1.165) is 0 Å². The summed E-state index contributed by atoms with van der Waals surface area (Å²) in [6.45, 7) is 1.72. The summed E-state index contributed by atoms with van der Waals surface area (Å²) in [5.74, 6) is 5.45. The Hall–Kier alpha value is -1.79. The first-order chi connectivity index (χ1) is 7.67. The van der Waals surface area contributed by atoms with Crippen LogP contribution in [-0.2, 0) is 0 Å². The molecule has 0 fully saturated rings. The molecule has 1 atom stereocenters. The minimum atomic E-state index is -0.247. The lowest BCUT2D eigenvalue weighted by Crippen LogP contribution is -1.99. The molecule has 0 bridgehead atoms. The summed E-state index contributed by atoms with van der Waals surface area (Å²) in [6, 6.07) is 6.76. The summed E-state index contributed by atoms with van der Waals surface area (Å²) in [5.41, 5.74) is 0.526. The summed E-state index contributed by atoms with van der Waals surface area (Å²) in [4.78, 5) is 11.6. The van der Waals surface area contributed by atoms with E-state index in [1.807, 2.05) is 0 Å². The van der Waals surface area contributed by atoms with Crippen LogP contribution in [0.3, 0.4) is 0 Å². The van der Waals surface area contributed by atoms with Crippen LogP contribution in [-0.4, -0.2) is 24.6 Å². The number of aliphatic hydroxyl groups excluding tert-OH is 1. The molecule has 0 aliphatic carbocycles. The molecule has 0 aliphatic heterocycles. The number of ketones is 1. The van der Waals surface area contributed by atoms with Gasteiger partial charge in [0.25, 0.3) is 0 Å². The molecule has 1 N–H and O–H groups in total. The first kappa shape index (κ1) is 12.3. The Morgan fingerprint density at radius 1 is 1.44 bits per heavy atom. The van der Waals surface area contributed by atoms with Crippen molar-refractivity contribution in [2.45, 2.75) is 6.92 Å². The SMILES string of the molecule is COc1ccc(C(=O)C#CC(C)CO)cc1. The quantitative estimate of drug-likeness (QED) is 0.475. The first-order valence-corrected chi connectivity index (χ1v) is 4.98. The number of ether oxygens (including phenoxy) is 1. The molecule has 16 heavy (non-hydrogen) atoms. The van der Waals surface area contributed by atoms with Crippen LogP contribution >= 0.6 is 0 Å². The summed E-state index contributed by atoms with van der Waals surface area (Å²) in [7, 11) is 1.57. The normalized spacial score (nSPS) is 11.2. The van der Waals surface area contributed by atoms with Gasteiger partial charge in [-0.3, -0.25) is 4.79 Å². The van der Waals surface area contributed by atoms with Gasteiger partial charge in [0.1, 0.15) is 5.75 Å². The van der Waals surface area contributed by atoms with Crippen molar-refractivity contribution in [3.8, 4) is 17.6 Å². The minimum Gasteiger partial charge on any atom is -0.497 e. The lowest BCUT2D eigenvalue weighted by molar-refractivity contribution is 0.105. The Balaban J connectivity index is 2.75. The molecule has 0 saturated heterocycles. The third-order valence-electron chi connectivity index (χ3n) is 2.06. The average molecular weight is 218 g/mol. The van der Waals surface area contributed by atoms with E-state index in [9.17, 15) is 4.79 Å². The third kappa shape index (κ3) is 3.41. The Labute approximate surface area is 95.1 Å². The van der Waals surface area contributed by atoms with Crippen LogP contribution in [0.4, 0.5) is 0 Å². The summed E-state index contributed by atoms with van der Waals surface area (Å²) >= 11 is 0. The molecule has 0 spiro atoms. The maximum atomic E-state index is 11.6. The number of aliphatic hydroxyl groups is 1. The van der Waals surface area contributed by atoms with Gasteiger partial charge in [0.2, 0.25) is 5.78 Å². The number of benzene rings is 1. The predicted octanol–water partition coefficient (Wildman–Crippen LogP) is 1.51. The van der Waals surface area contributed by atoms with Crippen LogP contribution in [0.5, 0.6) is 5.75 Å². The fraction of sp³-hybridized carbons (Fsp3) is 0.308. The zero-order valence-corrected chi connectivity index (χ0v) is 9.36. The van der Waals surface area contributed by atoms with Crippen LogP contribution in [0.25, 0.3) is 0 Å². The lowest BCUT2D eigenvalue weighted by Gasteiger charge is -1.99. The third-order valence-corrected chi connectivity index (χ3v) is 2.06. The van der Waals surface area contributed by atoms with Crippen molar-refractivity contribution in [1.82, 2.24) is 0 Å². The van der Waals surface area contributed by atoms with Gasteiger partial charge in [-0.15, -0.1) is 0 Å². The molecule has 0 heterocycles. The van der Waals surface area contributed by atoms with Crippen molar-refractivity contribution < 1.29 is 14.6 Å². The van der Waals surface area contributed by atoms with Crippen molar-refractivity contribution in [2.75, 3.05) is 13.7 Å². The van der Waals surface area contributed by atoms with E-state index in [1.165, 1.54) is 0 Å². The van der Waals surface area contributed by atoms with E-state index >= 15 is 0 Å². The zero-order chi connectivity index (χ0) is 12.0. The number of hydrogen-bond acceptors (Lipinski definition) is 3. The van der Waals surface area contributed by atoms with Crippen LogP contribution < -0.4 is 4.74 Å². The van der Waals surface area contributed by atoms with E-state index in [2.05, 4.69) is 11.8 Å². The van der Waals surface area contributed by atoms with Gasteiger partial charge in [-0.05, 0) is 37.1 Å². The molecule has 0 amide bonds. The van der Waals surface area contributed by atoms with Crippen molar-refractivity contribution in [3.63, 3.8) is 0 Å². The highest BCUT2D eigenvalue weighted by Gasteiger charge is 2.02. The van der Waals surface area contributed by atoms with Crippen LogP contribution in [0.15, 0.2) is 24.3 Å². The molecular weight excluding hydrogens is 204 g/mol. The second-order valence-corrected chi connectivity index (χ2v) is 3.41. The fourth-order valence-corrected chi connectivity index (χ4v) is 1.05. The molecule has 0 saturated carbocycles. The van der Waals surface area contributed by atoms with E-state index in [1.54, 1.807) is 38.3 Å².